The topological polar surface area (TPSA) is 66.4 Å². The van der Waals surface area contributed by atoms with Crippen molar-refractivity contribution in [3.63, 3.8) is 0 Å². The first-order chi connectivity index (χ1) is 13.0. The van der Waals surface area contributed by atoms with Gasteiger partial charge in [0.2, 0.25) is 5.91 Å². The van der Waals surface area contributed by atoms with Gasteiger partial charge in [0.15, 0.2) is 0 Å². The molecule has 4 heteroatoms. The molecule has 5 aliphatic rings. The van der Waals surface area contributed by atoms with E-state index in [0.29, 0.717) is 17.8 Å². The molecule has 2 N–H and O–H groups in total. The van der Waals surface area contributed by atoms with Gasteiger partial charge in [0, 0.05) is 6.04 Å². The number of benzene rings is 1. The summed E-state index contributed by atoms with van der Waals surface area (Å²) in [6, 6.07) is 10.4. The fourth-order valence-electron chi connectivity index (χ4n) is 7.19. The summed E-state index contributed by atoms with van der Waals surface area (Å²) < 4.78 is 0. The van der Waals surface area contributed by atoms with Gasteiger partial charge in [0.05, 0.1) is 10.8 Å². The largest absolute Gasteiger partial charge is 0.481 e. The number of amides is 1. The molecule has 5 aliphatic carbocycles. The van der Waals surface area contributed by atoms with E-state index in [9.17, 15) is 14.7 Å². The van der Waals surface area contributed by atoms with Crippen LogP contribution < -0.4 is 5.32 Å². The highest BCUT2D eigenvalue weighted by Crippen LogP contribution is 2.60. The third-order valence-electron chi connectivity index (χ3n) is 8.24. The normalized spacial score (nSPS) is 38.7. The van der Waals surface area contributed by atoms with E-state index in [0.717, 1.165) is 63.4 Å². The molecule has 0 aromatic heterocycles. The Balaban J connectivity index is 1.39. The van der Waals surface area contributed by atoms with Crippen LogP contribution >= 0.6 is 0 Å². The van der Waals surface area contributed by atoms with Crippen LogP contribution in [0.5, 0.6) is 0 Å². The second-order valence-electron chi connectivity index (χ2n) is 9.71. The molecule has 27 heavy (non-hydrogen) atoms. The Morgan fingerprint density at radius 1 is 0.963 bits per heavy atom. The summed E-state index contributed by atoms with van der Waals surface area (Å²) in [5.41, 5.74) is 0.244. The number of hydrogen-bond donors (Lipinski definition) is 2. The molecule has 1 amide bonds. The standard InChI is InChI=1S/C23H29NO3/c25-20(23(8-4-5-9-23)18-6-2-1-3-7-18)24-19-16-10-15-11-17(19)14-22(12-15,13-16)21(26)27/h1-3,6-7,15-17,19H,4-5,8-14H2,(H,24,25)(H,26,27). The quantitative estimate of drug-likeness (QED) is 0.848. The van der Waals surface area contributed by atoms with Crippen molar-refractivity contribution in [2.75, 3.05) is 0 Å². The van der Waals surface area contributed by atoms with Gasteiger partial charge in [-0.3, -0.25) is 9.59 Å². The molecule has 4 nitrogen and oxygen atoms in total. The van der Waals surface area contributed by atoms with Gasteiger partial charge in [-0.1, -0.05) is 43.2 Å². The van der Waals surface area contributed by atoms with Crippen molar-refractivity contribution in [2.24, 2.45) is 23.2 Å². The maximum atomic E-state index is 13.5. The Bertz CT molecular complexity index is 736. The first-order valence-corrected chi connectivity index (χ1v) is 10.6. The van der Waals surface area contributed by atoms with Crippen molar-refractivity contribution in [3.8, 4) is 0 Å². The summed E-state index contributed by atoms with van der Waals surface area (Å²) in [5.74, 6) is 0.800. The molecule has 0 heterocycles. The smallest absolute Gasteiger partial charge is 0.309 e. The minimum Gasteiger partial charge on any atom is -0.481 e. The lowest BCUT2D eigenvalue weighted by atomic mass is 9.48. The zero-order chi connectivity index (χ0) is 18.6. The highest BCUT2D eigenvalue weighted by Gasteiger charge is 2.59. The third-order valence-corrected chi connectivity index (χ3v) is 8.24. The zero-order valence-corrected chi connectivity index (χ0v) is 15.8. The molecule has 0 aliphatic heterocycles. The lowest BCUT2D eigenvalue weighted by Crippen LogP contribution is -2.62. The van der Waals surface area contributed by atoms with Crippen LogP contribution in [0, 0.1) is 23.2 Å². The van der Waals surface area contributed by atoms with Gasteiger partial charge in [0.1, 0.15) is 0 Å². The van der Waals surface area contributed by atoms with Crippen LogP contribution in [-0.4, -0.2) is 23.0 Å². The summed E-state index contributed by atoms with van der Waals surface area (Å²) in [7, 11) is 0. The first-order valence-electron chi connectivity index (χ1n) is 10.6. The SMILES string of the molecule is O=C(O)C12CC3CC(C1)C(NC(=O)C1(c4ccccc4)CCCC1)C(C3)C2. The predicted octanol–water partition coefficient (Wildman–Crippen LogP) is 3.89. The molecule has 1 aromatic rings. The summed E-state index contributed by atoms with van der Waals surface area (Å²) in [4.78, 5) is 25.5. The average molecular weight is 367 g/mol. The minimum atomic E-state index is -0.608. The minimum absolute atomic E-state index is 0.169. The number of carboxylic acids is 1. The Hall–Kier alpha value is -1.84. The maximum absolute atomic E-state index is 13.5. The summed E-state index contributed by atoms with van der Waals surface area (Å²) in [6.45, 7) is 0. The number of nitrogens with one attached hydrogen (secondary N) is 1. The molecule has 0 saturated heterocycles. The van der Waals surface area contributed by atoms with Gasteiger partial charge in [-0.05, 0) is 68.3 Å². The number of carboxylic acid groups (broad SMARTS) is 1. The summed E-state index contributed by atoms with van der Waals surface area (Å²) in [6.07, 6.45) is 8.58. The Labute approximate surface area is 160 Å². The lowest BCUT2D eigenvalue weighted by molar-refractivity contribution is -0.168. The highest BCUT2D eigenvalue weighted by atomic mass is 16.4. The molecule has 2 atom stereocenters. The van der Waals surface area contributed by atoms with Gasteiger partial charge in [-0.15, -0.1) is 0 Å². The second-order valence-corrected chi connectivity index (χ2v) is 9.71. The van der Waals surface area contributed by atoms with E-state index in [4.69, 9.17) is 0 Å². The van der Waals surface area contributed by atoms with Crippen LogP contribution in [0.25, 0.3) is 0 Å². The summed E-state index contributed by atoms with van der Waals surface area (Å²) in [5, 5.41) is 13.3. The Morgan fingerprint density at radius 3 is 2.19 bits per heavy atom. The predicted molar refractivity (Wildman–Crippen MR) is 102 cm³/mol. The highest BCUT2D eigenvalue weighted by molar-refractivity contribution is 5.89. The van der Waals surface area contributed by atoms with Crippen LogP contribution in [-0.2, 0) is 15.0 Å². The number of carbonyl (C=O) groups is 2. The Morgan fingerprint density at radius 2 is 1.59 bits per heavy atom. The molecule has 0 spiro atoms. The molecule has 2 unspecified atom stereocenters. The second kappa shape index (κ2) is 6.08. The van der Waals surface area contributed by atoms with Crippen LogP contribution in [0.3, 0.4) is 0 Å². The number of aliphatic carboxylic acids is 1. The van der Waals surface area contributed by atoms with Gasteiger partial charge < -0.3 is 10.4 Å². The Kier molecular flexibility index (Phi) is 3.89. The third kappa shape index (κ3) is 2.55. The van der Waals surface area contributed by atoms with Gasteiger partial charge in [-0.25, -0.2) is 0 Å². The van der Waals surface area contributed by atoms with E-state index in [-0.39, 0.29) is 17.4 Å². The van der Waals surface area contributed by atoms with Crippen LogP contribution in [0.15, 0.2) is 30.3 Å². The van der Waals surface area contributed by atoms with Gasteiger partial charge >= 0.3 is 5.97 Å². The van der Waals surface area contributed by atoms with E-state index in [1.807, 2.05) is 18.2 Å². The number of hydrogen-bond acceptors (Lipinski definition) is 2. The molecule has 4 bridgehead atoms. The number of rotatable bonds is 4. The van der Waals surface area contributed by atoms with Crippen molar-refractivity contribution < 1.29 is 14.7 Å². The van der Waals surface area contributed by atoms with Crippen LogP contribution in [0.2, 0.25) is 0 Å². The van der Waals surface area contributed by atoms with Crippen molar-refractivity contribution in [1.29, 1.82) is 0 Å². The summed E-state index contributed by atoms with van der Waals surface area (Å²) >= 11 is 0. The monoisotopic (exact) mass is 367 g/mol. The van der Waals surface area contributed by atoms with Crippen molar-refractivity contribution in [3.05, 3.63) is 35.9 Å². The molecular weight excluding hydrogens is 338 g/mol. The average Bonchev–Trinajstić information content (AvgIpc) is 3.16. The van der Waals surface area contributed by atoms with Crippen LogP contribution in [0.1, 0.15) is 63.4 Å². The van der Waals surface area contributed by atoms with E-state index >= 15 is 0 Å². The zero-order valence-electron chi connectivity index (χ0n) is 15.8. The molecule has 144 valence electrons. The maximum Gasteiger partial charge on any atom is 0.309 e. The van der Waals surface area contributed by atoms with Crippen LogP contribution in [0.4, 0.5) is 0 Å². The van der Waals surface area contributed by atoms with E-state index < -0.39 is 11.4 Å². The van der Waals surface area contributed by atoms with Gasteiger partial charge in [0.25, 0.3) is 0 Å². The molecular formula is C23H29NO3. The first kappa shape index (κ1) is 17.3. The molecule has 0 radical (unpaired) electrons. The van der Waals surface area contributed by atoms with E-state index in [1.54, 1.807) is 0 Å². The van der Waals surface area contributed by atoms with Crippen molar-refractivity contribution in [1.82, 2.24) is 5.32 Å². The van der Waals surface area contributed by atoms with Crippen molar-refractivity contribution in [2.45, 2.75) is 69.2 Å². The molecule has 5 fully saturated rings. The fraction of sp³-hybridized carbons (Fsp3) is 0.652. The van der Waals surface area contributed by atoms with E-state index in [2.05, 4.69) is 17.4 Å². The molecule has 5 saturated carbocycles. The lowest BCUT2D eigenvalue weighted by Gasteiger charge is -2.58. The van der Waals surface area contributed by atoms with E-state index in [1.165, 1.54) is 0 Å². The van der Waals surface area contributed by atoms with Gasteiger partial charge in [-0.2, -0.15) is 0 Å². The molecule has 6 rings (SSSR count). The fourth-order valence-corrected chi connectivity index (χ4v) is 7.19. The number of carbonyl (C=O) groups excluding carboxylic acids is 1. The molecule has 1 aromatic carbocycles. The van der Waals surface area contributed by atoms with Crippen molar-refractivity contribution >= 4 is 11.9 Å².